The third-order valence-electron chi connectivity index (χ3n) is 5.23. The number of halogens is 1. The molecule has 0 fully saturated rings. The Hall–Kier alpha value is -3.70. The number of nitrogens with zero attached hydrogens (tertiary/aromatic N) is 3. The molecule has 11 heteroatoms. The number of anilines is 1. The molecule has 37 heavy (non-hydrogen) atoms. The van der Waals surface area contributed by atoms with E-state index in [-0.39, 0.29) is 30.7 Å². The fourth-order valence-electron chi connectivity index (χ4n) is 3.51. The van der Waals surface area contributed by atoms with Crippen molar-refractivity contribution >= 4 is 40.0 Å². The molecule has 192 valence electrons. The van der Waals surface area contributed by atoms with Crippen molar-refractivity contribution in [3.8, 4) is 16.9 Å². The standard InChI is InChI=1S/C26H25FN4O4S2/c1-3-31-21(14-35-19-12-10-18(27)11-13-19)29-30-26(31)37-16-22(32)28-24-23(25(33)34-4-2)20(15-36-24)17-8-6-5-7-9-17/h5-13,15H,3-4,14,16H2,1-2H3,(H,28,32). The number of thiophene rings is 1. The Bertz CT molecular complexity index is 1360. The topological polar surface area (TPSA) is 95.3 Å². The summed E-state index contributed by atoms with van der Waals surface area (Å²) < 4.78 is 25.9. The van der Waals surface area contributed by atoms with Crippen LogP contribution in [0.4, 0.5) is 9.39 Å². The number of ether oxygens (including phenoxy) is 2. The predicted molar refractivity (Wildman–Crippen MR) is 141 cm³/mol. The van der Waals surface area contributed by atoms with Crippen molar-refractivity contribution in [2.24, 2.45) is 0 Å². The molecule has 2 aromatic carbocycles. The first-order valence-electron chi connectivity index (χ1n) is 11.6. The number of benzene rings is 2. The molecular formula is C26H25FN4O4S2. The van der Waals surface area contributed by atoms with Gasteiger partial charge in [0.1, 0.15) is 28.7 Å². The molecule has 0 bridgehead atoms. The predicted octanol–water partition coefficient (Wildman–Crippen LogP) is 5.65. The molecule has 0 saturated carbocycles. The van der Waals surface area contributed by atoms with Gasteiger partial charge in [-0.3, -0.25) is 4.79 Å². The van der Waals surface area contributed by atoms with E-state index in [9.17, 15) is 14.0 Å². The molecule has 2 heterocycles. The van der Waals surface area contributed by atoms with Crippen LogP contribution in [0.15, 0.2) is 65.1 Å². The average Bonchev–Trinajstić information content (AvgIpc) is 3.51. The highest BCUT2D eigenvalue weighted by Gasteiger charge is 2.23. The summed E-state index contributed by atoms with van der Waals surface area (Å²) in [4.78, 5) is 25.5. The van der Waals surface area contributed by atoms with Crippen LogP contribution >= 0.6 is 23.1 Å². The molecule has 0 aliphatic heterocycles. The molecule has 4 aromatic rings. The summed E-state index contributed by atoms with van der Waals surface area (Å²) in [6.07, 6.45) is 0. The minimum absolute atomic E-state index is 0.0673. The van der Waals surface area contributed by atoms with Gasteiger partial charge in [0.2, 0.25) is 5.91 Å². The average molecular weight is 541 g/mol. The van der Waals surface area contributed by atoms with Crippen LogP contribution in [-0.4, -0.2) is 39.0 Å². The molecule has 1 N–H and O–H groups in total. The number of esters is 1. The molecule has 8 nitrogen and oxygen atoms in total. The molecular weight excluding hydrogens is 515 g/mol. The number of aromatic nitrogens is 3. The van der Waals surface area contributed by atoms with Gasteiger partial charge in [-0.05, 0) is 43.7 Å². The van der Waals surface area contributed by atoms with Crippen LogP contribution < -0.4 is 10.1 Å². The Labute approximate surface area is 221 Å². The minimum atomic E-state index is -0.484. The van der Waals surface area contributed by atoms with Crippen molar-refractivity contribution in [2.75, 3.05) is 17.7 Å². The molecule has 0 unspecified atom stereocenters. The zero-order valence-corrected chi connectivity index (χ0v) is 21.9. The Morgan fingerprint density at radius 2 is 1.84 bits per heavy atom. The Morgan fingerprint density at radius 1 is 1.08 bits per heavy atom. The summed E-state index contributed by atoms with van der Waals surface area (Å²) in [7, 11) is 0. The van der Waals surface area contributed by atoms with Crippen molar-refractivity contribution in [2.45, 2.75) is 32.2 Å². The smallest absolute Gasteiger partial charge is 0.341 e. The largest absolute Gasteiger partial charge is 0.486 e. The van der Waals surface area contributed by atoms with Gasteiger partial charge in [-0.15, -0.1) is 21.5 Å². The van der Waals surface area contributed by atoms with E-state index in [0.29, 0.717) is 39.4 Å². The van der Waals surface area contributed by atoms with Crippen LogP contribution in [0.2, 0.25) is 0 Å². The summed E-state index contributed by atoms with van der Waals surface area (Å²) in [5, 5.41) is 14.1. The van der Waals surface area contributed by atoms with E-state index in [2.05, 4.69) is 15.5 Å². The fraction of sp³-hybridized carbons (Fsp3) is 0.231. The van der Waals surface area contributed by atoms with Gasteiger partial charge in [0.25, 0.3) is 0 Å². The quantitative estimate of drug-likeness (QED) is 0.194. The fourth-order valence-corrected chi connectivity index (χ4v) is 5.30. The number of hydrogen-bond donors (Lipinski definition) is 1. The van der Waals surface area contributed by atoms with Gasteiger partial charge in [0, 0.05) is 17.5 Å². The van der Waals surface area contributed by atoms with E-state index in [1.165, 1.54) is 35.2 Å². The zero-order valence-electron chi connectivity index (χ0n) is 20.3. The molecule has 0 aliphatic rings. The van der Waals surface area contributed by atoms with Gasteiger partial charge in [-0.25, -0.2) is 9.18 Å². The third-order valence-corrected chi connectivity index (χ3v) is 7.09. The normalized spacial score (nSPS) is 10.8. The second-order valence-corrected chi connectivity index (χ2v) is 9.48. The Morgan fingerprint density at radius 3 is 2.54 bits per heavy atom. The van der Waals surface area contributed by atoms with Gasteiger partial charge >= 0.3 is 5.97 Å². The lowest BCUT2D eigenvalue weighted by atomic mass is 10.0. The van der Waals surface area contributed by atoms with E-state index in [1.54, 1.807) is 19.1 Å². The van der Waals surface area contributed by atoms with E-state index in [0.717, 1.165) is 5.56 Å². The van der Waals surface area contributed by atoms with Gasteiger partial charge in [-0.2, -0.15) is 0 Å². The highest BCUT2D eigenvalue weighted by molar-refractivity contribution is 7.99. The second kappa shape index (κ2) is 12.5. The maximum atomic E-state index is 13.1. The number of amides is 1. The second-order valence-electron chi connectivity index (χ2n) is 7.66. The highest BCUT2D eigenvalue weighted by Crippen LogP contribution is 2.36. The Kier molecular flexibility index (Phi) is 8.91. The van der Waals surface area contributed by atoms with E-state index in [4.69, 9.17) is 9.47 Å². The lowest BCUT2D eigenvalue weighted by Gasteiger charge is -2.10. The summed E-state index contributed by atoms with van der Waals surface area (Å²) in [5.74, 6) is 0.0645. The van der Waals surface area contributed by atoms with Crippen molar-refractivity contribution in [3.05, 3.63) is 77.2 Å². The molecule has 0 saturated heterocycles. The van der Waals surface area contributed by atoms with Gasteiger partial charge in [-0.1, -0.05) is 42.1 Å². The summed E-state index contributed by atoms with van der Waals surface area (Å²) in [5.41, 5.74) is 1.92. The van der Waals surface area contributed by atoms with Crippen molar-refractivity contribution in [3.63, 3.8) is 0 Å². The summed E-state index contributed by atoms with van der Waals surface area (Å²) in [6.45, 7) is 4.64. The molecule has 4 rings (SSSR count). The van der Waals surface area contributed by atoms with Crippen LogP contribution in [0.3, 0.4) is 0 Å². The van der Waals surface area contributed by atoms with Crippen LogP contribution in [0.1, 0.15) is 30.0 Å². The van der Waals surface area contributed by atoms with Crippen LogP contribution in [0, 0.1) is 5.82 Å². The van der Waals surface area contributed by atoms with Gasteiger partial charge in [0.15, 0.2) is 11.0 Å². The lowest BCUT2D eigenvalue weighted by Crippen LogP contribution is -2.17. The first kappa shape index (κ1) is 26.4. The van der Waals surface area contributed by atoms with Crippen LogP contribution in [0.5, 0.6) is 5.75 Å². The number of nitrogens with one attached hydrogen (secondary N) is 1. The number of thioether (sulfide) groups is 1. The molecule has 2 aromatic heterocycles. The van der Waals surface area contributed by atoms with Crippen LogP contribution in [0.25, 0.3) is 11.1 Å². The maximum Gasteiger partial charge on any atom is 0.341 e. The van der Waals surface area contributed by atoms with E-state index >= 15 is 0 Å². The monoisotopic (exact) mass is 540 g/mol. The zero-order chi connectivity index (χ0) is 26.2. The molecule has 0 spiro atoms. The number of carbonyl (C=O) groups is 2. The van der Waals surface area contributed by atoms with Crippen molar-refractivity contribution in [1.29, 1.82) is 0 Å². The molecule has 0 atom stereocenters. The molecule has 0 aliphatic carbocycles. The highest BCUT2D eigenvalue weighted by atomic mass is 32.2. The minimum Gasteiger partial charge on any atom is -0.486 e. The van der Waals surface area contributed by atoms with Crippen molar-refractivity contribution < 1.29 is 23.5 Å². The van der Waals surface area contributed by atoms with Gasteiger partial charge in [0.05, 0.1) is 12.4 Å². The number of rotatable bonds is 11. The molecule has 1 amide bonds. The maximum absolute atomic E-state index is 13.1. The van der Waals surface area contributed by atoms with E-state index < -0.39 is 5.97 Å². The van der Waals surface area contributed by atoms with Crippen molar-refractivity contribution in [1.82, 2.24) is 14.8 Å². The SMILES string of the molecule is CCOC(=O)c1c(-c2ccccc2)csc1NC(=O)CSc1nnc(COc2ccc(F)cc2)n1CC. The number of hydrogen-bond acceptors (Lipinski definition) is 8. The summed E-state index contributed by atoms with van der Waals surface area (Å²) >= 11 is 2.51. The van der Waals surface area contributed by atoms with Gasteiger partial charge < -0.3 is 19.4 Å². The first-order valence-corrected chi connectivity index (χ1v) is 13.4. The third kappa shape index (κ3) is 6.55. The first-order chi connectivity index (χ1) is 18.0. The summed E-state index contributed by atoms with van der Waals surface area (Å²) in [6, 6.07) is 15.2. The van der Waals surface area contributed by atoms with Crippen LogP contribution in [-0.2, 0) is 22.7 Å². The lowest BCUT2D eigenvalue weighted by molar-refractivity contribution is -0.113. The van der Waals surface area contributed by atoms with E-state index in [1.807, 2.05) is 47.2 Å². The number of carbonyl (C=O) groups excluding carboxylic acids is 2. The molecule has 0 radical (unpaired) electrons. The Balaban J connectivity index is 1.42.